The van der Waals surface area contributed by atoms with Crippen LogP contribution in [0.15, 0.2) is 22.8 Å². The van der Waals surface area contributed by atoms with Crippen LogP contribution in [0.25, 0.3) is 0 Å². The monoisotopic (exact) mass is 311 g/mol. The van der Waals surface area contributed by atoms with E-state index in [4.69, 9.17) is 0 Å². The molecule has 4 heteroatoms. The third-order valence-corrected chi connectivity index (χ3v) is 4.50. The van der Waals surface area contributed by atoms with Gasteiger partial charge in [-0.05, 0) is 55.0 Å². The first kappa shape index (κ1) is 14.0. The molecule has 2 rings (SSSR count). The molecule has 0 bridgehead atoms. The zero-order valence-corrected chi connectivity index (χ0v) is 12.8. The Kier molecular flexibility index (Phi) is 4.76. The zero-order valence-electron chi connectivity index (χ0n) is 11.2. The lowest BCUT2D eigenvalue weighted by Gasteiger charge is -2.36. The van der Waals surface area contributed by atoms with Crippen molar-refractivity contribution in [1.29, 1.82) is 0 Å². The molecule has 1 N–H and O–H groups in total. The van der Waals surface area contributed by atoms with Crippen molar-refractivity contribution >= 4 is 15.9 Å². The van der Waals surface area contributed by atoms with Gasteiger partial charge in [-0.15, -0.1) is 0 Å². The minimum Gasteiger partial charge on any atom is -0.309 e. The van der Waals surface area contributed by atoms with Gasteiger partial charge in [0.1, 0.15) is 0 Å². The highest BCUT2D eigenvalue weighted by Gasteiger charge is 2.35. The molecule has 0 aromatic carbocycles. The first-order valence-electron chi connectivity index (χ1n) is 6.61. The second-order valence-corrected chi connectivity index (χ2v) is 6.31. The Labute approximate surface area is 118 Å². The van der Waals surface area contributed by atoms with E-state index in [1.54, 1.807) is 0 Å². The lowest BCUT2D eigenvalue weighted by Crippen LogP contribution is -2.49. The minimum atomic E-state index is 0.357. The molecule has 0 aliphatic heterocycles. The number of aromatic nitrogens is 1. The summed E-state index contributed by atoms with van der Waals surface area (Å²) >= 11 is 3.41. The minimum absolute atomic E-state index is 0.357. The Morgan fingerprint density at radius 3 is 2.61 bits per heavy atom. The van der Waals surface area contributed by atoms with Crippen LogP contribution in [0.3, 0.4) is 0 Å². The Bertz CT molecular complexity index is 369. The van der Waals surface area contributed by atoms with Gasteiger partial charge in [0, 0.05) is 29.3 Å². The number of nitrogens with zero attached hydrogens (tertiary/aromatic N) is 2. The topological polar surface area (TPSA) is 28.2 Å². The van der Waals surface area contributed by atoms with Gasteiger partial charge >= 0.3 is 0 Å². The van der Waals surface area contributed by atoms with Crippen molar-refractivity contribution in [3.05, 3.63) is 28.5 Å². The third kappa shape index (κ3) is 3.31. The molecular formula is C14H22BrN3. The summed E-state index contributed by atoms with van der Waals surface area (Å²) < 4.78 is 1.03. The maximum Gasteiger partial charge on any atom is 0.0542 e. The smallest absolute Gasteiger partial charge is 0.0542 e. The molecule has 1 aliphatic rings. The fraction of sp³-hybridized carbons (Fsp3) is 0.643. The molecule has 100 valence electrons. The average Bonchev–Trinajstić information content (AvgIpc) is 2.82. The molecule has 3 nitrogen and oxygen atoms in total. The summed E-state index contributed by atoms with van der Waals surface area (Å²) in [5.41, 5.74) is 1.46. The Hall–Kier alpha value is -0.450. The second-order valence-electron chi connectivity index (χ2n) is 5.40. The van der Waals surface area contributed by atoms with Crippen LogP contribution in [0.4, 0.5) is 0 Å². The van der Waals surface area contributed by atoms with E-state index >= 15 is 0 Å². The van der Waals surface area contributed by atoms with Crippen LogP contribution in [-0.2, 0) is 6.54 Å². The van der Waals surface area contributed by atoms with E-state index in [2.05, 4.69) is 51.3 Å². The summed E-state index contributed by atoms with van der Waals surface area (Å²) in [6, 6.07) is 4.11. The normalized spacial score (nSPS) is 18.4. The van der Waals surface area contributed by atoms with Gasteiger partial charge in [-0.25, -0.2) is 0 Å². The molecule has 0 amide bonds. The largest absolute Gasteiger partial charge is 0.309 e. The van der Waals surface area contributed by atoms with E-state index in [1.165, 1.54) is 25.7 Å². The van der Waals surface area contributed by atoms with Crippen molar-refractivity contribution < 1.29 is 0 Å². The van der Waals surface area contributed by atoms with Crippen LogP contribution < -0.4 is 5.32 Å². The molecule has 0 saturated heterocycles. The molecule has 18 heavy (non-hydrogen) atoms. The highest BCUT2D eigenvalue weighted by Crippen LogP contribution is 2.33. The summed E-state index contributed by atoms with van der Waals surface area (Å²) in [4.78, 5) is 6.78. The first-order chi connectivity index (χ1) is 8.62. The number of likely N-dealkylation sites (N-methyl/N-ethyl adjacent to an activating group) is 1. The van der Waals surface area contributed by atoms with Gasteiger partial charge < -0.3 is 10.2 Å². The van der Waals surface area contributed by atoms with Gasteiger partial charge in [-0.1, -0.05) is 12.8 Å². The number of hydrogen-bond acceptors (Lipinski definition) is 3. The highest BCUT2D eigenvalue weighted by atomic mass is 79.9. The maximum atomic E-state index is 4.39. The summed E-state index contributed by atoms with van der Waals surface area (Å²) in [6.07, 6.45) is 7.18. The average molecular weight is 312 g/mol. The molecule has 1 heterocycles. The predicted molar refractivity (Wildman–Crippen MR) is 78.5 cm³/mol. The summed E-state index contributed by atoms with van der Waals surface area (Å²) in [7, 11) is 4.40. The molecule has 1 aromatic rings. The van der Waals surface area contributed by atoms with Crippen molar-refractivity contribution in [3.63, 3.8) is 0 Å². The molecule has 0 unspecified atom stereocenters. The molecule has 0 radical (unpaired) electrons. The van der Waals surface area contributed by atoms with Crippen molar-refractivity contribution in [3.8, 4) is 0 Å². The number of halogens is 1. The number of rotatable bonds is 5. The van der Waals surface area contributed by atoms with Gasteiger partial charge in [0.2, 0.25) is 0 Å². The Morgan fingerprint density at radius 1 is 1.33 bits per heavy atom. The van der Waals surface area contributed by atoms with E-state index in [1.807, 2.05) is 12.3 Å². The first-order valence-corrected chi connectivity index (χ1v) is 7.40. The molecule has 1 aromatic heterocycles. The fourth-order valence-electron chi connectivity index (χ4n) is 2.75. The van der Waals surface area contributed by atoms with Gasteiger partial charge in [0.15, 0.2) is 0 Å². The molecule has 0 spiro atoms. The lowest BCUT2D eigenvalue weighted by molar-refractivity contribution is 0.153. The number of nitrogens with one attached hydrogen (secondary N) is 1. The van der Waals surface area contributed by atoms with Crippen molar-refractivity contribution in [2.24, 2.45) is 0 Å². The number of hydrogen-bond donors (Lipinski definition) is 1. The van der Waals surface area contributed by atoms with Crippen LogP contribution in [0.1, 0.15) is 31.4 Å². The van der Waals surface area contributed by atoms with Gasteiger partial charge in [-0.3, -0.25) is 4.98 Å². The van der Waals surface area contributed by atoms with Crippen molar-refractivity contribution in [2.75, 3.05) is 20.6 Å². The molecule has 1 saturated carbocycles. The van der Waals surface area contributed by atoms with Gasteiger partial charge in [0.05, 0.1) is 5.69 Å². The lowest BCUT2D eigenvalue weighted by atomic mass is 9.96. The van der Waals surface area contributed by atoms with E-state index in [-0.39, 0.29) is 0 Å². The van der Waals surface area contributed by atoms with Crippen LogP contribution in [0.5, 0.6) is 0 Å². The summed E-state index contributed by atoms with van der Waals surface area (Å²) in [6.45, 7) is 1.90. The van der Waals surface area contributed by atoms with Gasteiger partial charge in [0.25, 0.3) is 0 Å². The van der Waals surface area contributed by atoms with Crippen molar-refractivity contribution in [2.45, 2.75) is 37.8 Å². The molecule has 1 fully saturated rings. The molecular weight excluding hydrogens is 290 g/mol. The summed E-state index contributed by atoms with van der Waals surface area (Å²) in [5.74, 6) is 0. The molecule has 0 atom stereocenters. The predicted octanol–water partition coefficient (Wildman–Crippen LogP) is 2.81. The maximum absolute atomic E-state index is 4.39. The highest BCUT2D eigenvalue weighted by molar-refractivity contribution is 9.10. The van der Waals surface area contributed by atoms with E-state index < -0.39 is 0 Å². The standard InChI is InChI=1S/C14H22BrN3/c1-18(2)14(7-3-4-8-14)11-16-10-13-6-5-12(15)9-17-13/h5-6,9,16H,3-4,7-8,10-11H2,1-2H3. The van der Waals surface area contributed by atoms with Crippen LogP contribution in [0, 0.1) is 0 Å². The number of pyridine rings is 1. The molecule has 1 aliphatic carbocycles. The Balaban J connectivity index is 1.85. The second kappa shape index (κ2) is 6.13. The van der Waals surface area contributed by atoms with Crippen molar-refractivity contribution in [1.82, 2.24) is 15.2 Å². The summed E-state index contributed by atoms with van der Waals surface area (Å²) in [5, 5.41) is 3.57. The SMILES string of the molecule is CN(C)C1(CNCc2ccc(Br)cn2)CCCC1. The van der Waals surface area contributed by atoms with E-state index in [0.29, 0.717) is 5.54 Å². The van der Waals surface area contributed by atoms with Crippen LogP contribution in [-0.4, -0.2) is 36.1 Å². The van der Waals surface area contributed by atoms with Crippen LogP contribution >= 0.6 is 15.9 Å². The van der Waals surface area contributed by atoms with E-state index in [9.17, 15) is 0 Å². The van der Waals surface area contributed by atoms with E-state index in [0.717, 1.165) is 23.3 Å². The third-order valence-electron chi connectivity index (χ3n) is 4.03. The fourth-order valence-corrected chi connectivity index (χ4v) is 2.98. The Morgan fingerprint density at radius 2 is 2.06 bits per heavy atom. The van der Waals surface area contributed by atoms with Gasteiger partial charge in [-0.2, -0.15) is 0 Å². The quantitative estimate of drug-likeness (QED) is 0.906. The zero-order chi connectivity index (χ0) is 13.0. The van der Waals surface area contributed by atoms with Crippen LogP contribution in [0.2, 0.25) is 0 Å².